The molecule has 0 aromatic heterocycles. The van der Waals surface area contributed by atoms with E-state index in [-0.39, 0.29) is 5.91 Å². The van der Waals surface area contributed by atoms with Crippen molar-refractivity contribution in [3.8, 4) is 11.5 Å². The number of carbonyl (C=O) groups excluding carboxylic acids is 2. The van der Waals surface area contributed by atoms with Crippen LogP contribution in [0, 0.1) is 3.57 Å². The highest BCUT2D eigenvalue weighted by molar-refractivity contribution is 14.1. The maximum Gasteiger partial charge on any atom is 0.343 e. The summed E-state index contributed by atoms with van der Waals surface area (Å²) in [7, 11) is 1.48. The van der Waals surface area contributed by atoms with Gasteiger partial charge in [-0.2, -0.15) is 5.10 Å². The summed E-state index contributed by atoms with van der Waals surface area (Å²) in [6.45, 7) is 0. The van der Waals surface area contributed by atoms with Crippen molar-refractivity contribution in [3.63, 3.8) is 0 Å². The number of ether oxygens (including phenoxy) is 2. The van der Waals surface area contributed by atoms with Crippen LogP contribution in [-0.4, -0.2) is 25.2 Å². The molecule has 8 heteroatoms. The van der Waals surface area contributed by atoms with Crippen molar-refractivity contribution in [1.82, 2.24) is 5.43 Å². The van der Waals surface area contributed by atoms with Crippen molar-refractivity contribution in [2.24, 2.45) is 5.10 Å². The normalized spacial score (nSPS) is 10.6. The number of benzene rings is 3. The maximum absolute atomic E-state index is 12.4. The Labute approximate surface area is 192 Å². The highest BCUT2D eigenvalue weighted by Gasteiger charge is 2.16. The summed E-state index contributed by atoms with van der Waals surface area (Å²) < 4.78 is 11.5. The summed E-state index contributed by atoms with van der Waals surface area (Å²) in [5.41, 5.74) is 3.98. The Morgan fingerprint density at radius 2 is 1.73 bits per heavy atom. The molecular weight excluding hydrogens is 519 g/mol. The summed E-state index contributed by atoms with van der Waals surface area (Å²) >= 11 is 7.86. The molecule has 6 nitrogen and oxygen atoms in total. The highest BCUT2D eigenvalue weighted by Crippen LogP contribution is 2.34. The predicted octanol–water partition coefficient (Wildman–Crippen LogP) is 4.94. The van der Waals surface area contributed by atoms with E-state index in [0.717, 1.165) is 0 Å². The van der Waals surface area contributed by atoms with Crippen molar-refractivity contribution in [2.45, 2.75) is 0 Å². The molecule has 152 valence electrons. The Bertz CT molecular complexity index is 1090. The first kappa shape index (κ1) is 21.8. The molecule has 0 unspecified atom stereocenters. The second-order valence-electron chi connectivity index (χ2n) is 6.00. The third kappa shape index (κ3) is 5.58. The summed E-state index contributed by atoms with van der Waals surface area (Å²) in [6, 6.07) is 18.6. The van der Waals surface area contributed by atoms with E-state index in [9.17, 15) is 9.59 Å². The van der Waals surface area contributed by atoms with Crippen molar-refractivity contribution >= 4 is 52.3 Å². The molecule has 0 fully saturated rings. The number of halogens is 2. The number of amides is 1. The van der Waals surface area contributed by atoms with Crippen LogP contribution in [0.3, 0.4) is 0 Å². The topological polar surface area (TPSA) is 77.0 Å². The summed E-state index contributed by atoms with van der Waals surface area (Å²) in [4.78, 5) is 24.5. The van der Waals surface area contributed by atoms with Crippen molar-refractivity contribution in [2.75, 3.05) is 7.11 Å². The predicted molar refractivity (Wildman–Crippen MR) is 124 cm³/mol. The zero-order chi connectivity index (χ0) is 21.5. The molecule has 3 aromatic carbocycles. The third-order valence-corrected chi connectivity index (χ3v) is 5.00. The van der Waals surface area contributed by atoms with Gasteiger partial charge in [-0.3, -0.25) is 4.79 Å². The van der Waals surface area contributed by atoms with Gasteiger partial charge in [-0.25, -0.2) is 10.2 Å². The standard InChI is InChI=1S/C22H16ClIN2O4/c1-29-19-12-14(13-25-26-21(27)15-7-9-17(23)10-8-15)11-18(24)20(19)30-22(28)16-5-3-2-4-6-16/h2-13H,1H3,(H,26,27)/b25-13-. The Balaban J connectivity index is 1.73. The molecule has 1 N–H and O–H groups in total. The van der Waals surface area contributed by atoms with Gasteiger partial charge in [-0.1, -0.05) is 29.8 Å². The highest BCUT2D eigenvalue weighted by atomic mass is 127. The SMILES string of the molecule is COc1cc(/C=N\NC(=O)c2ccc(Cl)cc2)cc(I)c1OC(=O)c1ccccc1. The van der Waals surface area contributed by atoms with E-state index in [1.165, 1.54) is 13.3 Å². The fourth-order valence-corrected chi connectivity index (χ4v) is 3.33. The summed E-state index contributed by atoms with van der Waals surface area (Å²) in [6.07, 6.45) is 1.47. The Hall–Kier alpha value is -2.91. The monoisotopic (exact) mass is 534 g/mol. The number of hydrogen-bond acceptors (Lipinski definition) is 5. The minimum absolute atomic E-state index is 0.314. The lowest BCUT2D eigenvalue weighted by molar-refractivity contribution is 0.0728. The average Bonchev–Trinajstić information content (AvgIpc) is 2.76. The first-order chi connectivity index (χ1) is 14.5. The van der Waals surface area contributed by atoms with Crippen molar-refractivity contribution in [3.05, 3.63) is 92.0 Å². The molecular formula is C22H16ClIN2O4. The van der Waals surface area contributed by atoms with Gasteiger partial charge in [0.25, 0.3) is 5.91 Å². The number of methoxy groups -OCH3 is 1. The van der Waals surface area contributed by atoms with Crippen LogP contribution in [0.4, 0.5) is 0 Å². The fraction of sp³-hybridized carbons (Fsp3) is 0.0455. The first-order valence-corrected chi connectivity index (χ1v) is 10.2. The van der Waals surface area contributed by atoms with Gasteiger partial charge in [0, 0.05) is 10.6 Å². The lowest BCUT2D eigenvalue weighted by Gasteiger charge is -2.12. The van der Waals surface area contributed by atoms with E-state index in [4.69, 9.17) is 21.1 Å². The molecule has 1 amide bonds. The number of carbonyl (C=O) groups is 2. The second kappa shape index (κ2) is 10.2. The van der Waals surface area contributed by atoms with Gasteiger partial charge < -0.3 is 9.47 Å². The smallest absolute Gasteiger partial charge is 0.343 e. The molecule has 30 heavy (non-hydrogen) atoms. The number of hydrazone groups is 1. The number of hydrogen-bond donors (Lipinski definition) is 1. The van der Waals surface area contributed by atoms with Crippen LogP contribution in [0.2, 0.25) is 5.02 Å². The fourth-order valence-electron chi connectivity index (χ4n) is 2.47. The zero-order valence-electron chi connectivity index (χ0n) is 15.8. The van der Waals surface area contributed by atoms with Crippen LogP contribution in [0.25, 0.3) is 0 Å². The van der Waals surface area contributed by atoms with Crippen molar-refractivity contribution < 1.29 is 19.1 Å². The van der Waals surface area contributed by atoms with Gasteiger partial charge in [0.15, 0.2) is 11.5 Å². The number of esters is 1. The third-order valence-electron chi connectivity index (χ3n) is 3.94. The van der Waals surface area contributed by atoms with Gasteiger partial charge >= 0.3 is 5.97 Å². The van der Waals surface area contributed by atoms with Crippen LogP contribution in [0.15, 0.2) is 71.8 Å². The van der Waals surface area contributed by atoms with Crippen LogP contribution in [-0.2, 0) is 0 Å². The van der Waals surface area contributed by atoms with Crippen LogP contribution in [0.1, 0.15) is 26.3 Å². The van der Waals surface area contributed by atoms with Gasteiger partial charge in [-0.15, -0.1) is 0 Å². The van der Waals surface area contributed by atoms with E-state index < -0.39 is 5.97 Å². The minimum atomic E-state index is -0.483. The number of nitrogens with zero attached hydrogens (tertiary/aromatic N) is 1. The molecule has 3 rings (SSSR count). The largest absolute Gasteiger partial charge is 0.493 e. The molecule has 0 saturated carbocycles. The quantitative estimate of drug-likeness (QED) is 0.160. The van der Waals surface area contributed by atoms with E-state index in [1.54, 1.807) is 60.7 Å². The molecule has 0 aliphatic heterocycles. The molecule has 0 atom stereocenters. The number of nitrogens with one attached hydrogen (secondary N) is 1. The van der Waals surface area contributed by atoms with E-state index in [1.807, 2.05) is 28.7 Å². The molecule has 3 aromatic rings. The van der Waals surface area contributed by atoms with Gasteiger partial charge in [-0.05, 0) is 76.7 Å². The molecule has 0 aliphatic carbocycles. The molecule has 0 bridgehead atoms. The average molecular weight is 535 g/mol. The second-order valence-corrected chi connectivity index (χ2v) is 7.59. The minimum Gasteiger partial charge on any atom is -0.493 e. The van der Waals surface area contributed by atoms with Crippen molar-refractivity contribution in [1.29, 1.82) is 0 Å². The van der Waals surface area contributed by atoms with E-state index in [0.29, 0.717) is 36.8 Å². The van der Waals surface area contributed by atoms with Gasteiger partial charge in [0.05, 0.1) is 22.5 Å². The Kier molecular flexibility index (Phi) is 7.42. The van der Waals surface area contributed by atoms with Crippen LogP contribution >= 0.6 is 34.2 Å². The van der Waals surface area contributed by atoms with E-state index >= 15 is 0 Å². The molecule has 0 spiro atoms. The lowest BCUT2D eigenvalue weighted by Crippen LogP contribution is -2.17. The molecule has 0 radical (unpaired) electrons. The molecule has 0 saturated heterocycles. The Morgan fingerprint density at radius 3 is 2.40 bits per heavy atom. The number of rotatable bonds is 6. The zero-order valence-corrected chi connectivity index (χ0v) is 18.7. The van der Waals surface area contributed by atoms with Crippen LogP contribution < -0.4 is 14.9 Å². The van der Waals surface area contributed by atoms with Gasteiger partial charge in [0.1, 0.15) is 0 Å². The van der Waals surface area contributed by atoms with Crippen LogP contribution in [0.5, 0.6) is 11.5 Å². The molecule has 0 aliphatic rings. The lowest BCUT2D eigenvalue weighted by atomic mass is 10.2. The Morgan fingerprint density at radius 1 is 1.03 bits per heavy atom. The summed E-state index contributed by atoms with van der Waals surface area (Å²) in [5, 5.41) is 4.52. The van der Waals surface area contributed by atoms with Gasteiger partial charge in [0.2, 0.25) is 0 Å². The van der Waals surface area contributed by atoms with E-state index in [2.05, 4.69) is 10.5 Å². The summed E-state index contributed by atoms with van der Waals surface area (Å²) in [5.74, 6) is -0.160. The molecule has 0 heterocycles. The first-order valence-electron chi connectivity index (χ1n) is 8.71. The maximum atomic E-state index is 12.4.